The number of rotatable bonds is 2. The Kier molecular flexibility index (Phi) is 2.54. The van der Waals surface area contributed by atoms with E-state index < -0.39 is 0 Å². The zero-order valence-corrected chi connectivity index (χ0v) is 11.2. The van der Waals surface area contributed by atoms with Crippen molar-refractivity contribution >= 4 is 22.8 Å². The van der Waals surface area contributed by atoms with E-state index in [2.05, 4.69) is 4.98 Å². The summed E-state index contributed by atoms with van der Waals surface area (Å²) in [6, 6.07) is 12.4. The molecule has 3 aromatic rings. The van der Waals surface area contributed by atoms with Crippen LogP contribution in [-0.2, 0) is 6.42 Å². The number of nitrogens with one attached hydrogen (secondary N) is 1. The molecule has 0 unspecified atom stereocenters. The number of aromatic amines is 1. The summed E-state index contributed by atoms with van der Waals surface area (Å²) in [6.07, 6.45) is 4.11. The Bertz CT molecular complexity index is 904. The van der Waals surface area contributed by atoms with Gasteiger partial charge in [0.1, 0.15) is 5.82 Å². The minimum Gasteiger partial charge on any atom is -0.360 e. The van der Waals surface area contributed by atoms with E-state index in [-0.39, 0.29) is 11.6 Å². The first-order valence-electron chi connectivity index (χ1n) is 6.82. The summed E-state index contributed by atoms with van der Waals surface area (Å²) in [6.45, 7) is 0. The molecule has 1 aromatic heterocycles. The molecule has 2 nitrogen and oxygen atoms in total. The van der Waals surface area contributed by atoms with Gasteiger partial charge in [0.25, 0.3) is 0 Å². The number of H-pyrrole nitrogens is 1. The molecule has 0 saturated heterocycles. The molecule has 1 aliphatic carbocycles. The maximum atomic E-state index is 13.3. The lowest BCUT2D eigenvalue weighted by atomic mass is 10.0. The molecule has 21 heavy (non-hydrogen) atoms. The standard InChI is InChI=1S/C18H12FNO/c19-14-6-5-11-7-13(8-12(11)9-14)18(21)16-10-20-17-4-2-1-3-15(16)17/h1-6,8-10,20H,7H2. The van der Waals surface area contributed by atoms with Crippen LogP contribution >= 0.6 is 0 Å². The normalized spacial score (nSPS) is 13.3. The number of para-hydroxylation sites is 1. The summed E-state index contributed by atoms with van der Waals surface area (Å²) in [4.78, 5) is 15.8. The van der Waals surface area contributed by atoms with Gasteiger partial charge < -0.3 is 4.98 Å². The number of allylic oxidation sites excluding steroid dienone is 1. The Morgan fingerprint density at radius 3 is 2.90 bits per heavy atom. The molecule has 1 N–H and O–H groups in total. The minimum atomic E-state index is -0.272. The van der Waals surface area contributed by atoms with Crippen molar-refractivity contribution in [1.82, 2.24) is 4.98 Å². The average Bonchev–Trinajstić information content (AvgIpc) is 3.09. The zero-order chi connectivity index (χ0) is 14.4. The first-order chi connectivity index (χ1) is 10.2. The van der Waals surface area contributed by atoms with Gasteiger partial charge in [0.05, 0.1) is 0 Å². The number of halogens is 1. The van der Waals surface area contributed by atoms with Crippen LogP contribution in [0, 0.1) is 5.82 Å². The molecule has 0 spiro atoms. The second kappa shape index (κ2) is 4.42. The lowest BCUT2D eigenvalue weighted by molar-refractivity contribution is 0.103. The van der Waals surface area contributed by atoms with Gasteiger partial charge >= 0.3 is 0 Å². The molecule has 0 atom stereocenters. The minimum absolute atomic E-state index is 0.00376. The Labute approximate surface area is 120 Å². The van der Waals surface area contributed by atoms with Crippen LogP contribution in [-0.4, -0.2) is 10.8 Å². The number of aromatic nitrogens is 1. The van der Waals surface area contributed by atoms with Crippen LogP contribution in [0.4, 0.5) is 4.39 Å². The molecule has 4 rings (SSSR count). The quantitative estimate of drug-likeness (QED) is 0.702. The molecule has 0 amide bonds. The van der Waals surface area contributed by atoms with Crippen LogP contribution in [0.3, 0.4) is 0 Å². The summed E-state index contributed by atoms with van der Waals surface area (Å²) < 4.78 is 13.3. The Morgan fingerprint density at radius 1 is 1.14 bits per heavy atom. The Morgan fingerprint density at radius 2 is 2.00 bits per heavy atom. The van der Waals surface area contributed by atoms with E-state index in [0.717, 1.165) is 22.0 Å². The van der Waals surface area contributed by atoms with Gasteiger partial charge in [-0.15, -0.1) is 0 Å². The zero-order valence-electron chi connectivity index (χ0n) is 11.2. The van der Waals surface area contributed by atoms with E-state index in [0.29, 0.717) is 17.6 Å². The van der Waals surface area contributed by atoms with Gasteiger partial charge in [-0.1, -0.05) is 24.3 Å². The predicted octanol–water partition coefficient (Wildman–Crippen LogP) is 4.13. The first-order valence-corrected chi connectivity index (χ1v) is 6.82. The fourth-order valence-electron chi connectivity index (χ4n) is 2.88. The van der Waals surface area contributed by atoms with Crippen molar-refractivity contribution in [3.63, 3.8) is 0 Å². The second-order valence-electron chi connectivity index (χ2n) is 5.27. The lowest BCUT2D eigenvalue weighted by Gasteiger charge is -2.00. The van der Waals surface area contributed by atoms with E-state index >= 15 is 0 Å². The van der Waals surface area contributed by atoms with E-state index in [1.807, 2.05) is 24.3 Å². The smallest absolute Gasteiger partial charge is 0.191 e. The predicted molar refractivity (Wildman–Crippen MR) is 80.7 cm³/mol. The average molecular weight is 277 g/mol. The molecule has 0 aliphatic heterocycles. The van der Waals surface area contributed by atoms with Gasteiger partial charge in [-0.05, 0) is 35.4 Å². The molecule has 2 aromatic carbocycles. The molecular formula is C18H12FNO. The number of benzene rings is 2. The number of hydrogen-bond acceptors (Lipinski definition) is 1. The topological polar surface area (TPSA) is 32.9 Å². The highest BCUT2D eigenvalue weighted by molar-refractivity contribution is 6.18. The number of ketones is 1. The summed E-state index contributed by atoms with van der Waals surface area (Å²) in [5.74, 6) is -0.269. The van der Waals surface area contributed by atoms with Gasteiger partial charge in [-0.3, -0.25) is 4.79 Å². The van der Waals surface area contributed by atoms with Crippen LogP contribution in [0.2, 0.25) is 0 Å². The molecular weight excluding hydrogens is 265 g/mol. The number of fused-ring (bicyclic) bond motifs is 2. The summed E-state index contributed by atoms with van der Waals surface area (Å²) in [7, 11) is 0. The van der Waals surface area contributed by atoms with Gasteiger partial charge in [-0.25, -0.2) is 4.39 Å². The highest BCUT2D eigenvalue weighted by Crippen LogP contribution is 2.29. The monoisotopic (exact) mass is 277 g/mol. The van der Waals surface area contributed by atoms with Crippen LogP contribution in [0.15, 0.2) is 54.2 Å². The van der Waals surface area contributed by atoms with Crippen LogP contribution in [0.5, 0.6) is 0 Å². The first kappa shape index (κ1) is 12.1. The molecule has 102 valence electrons. The Hall–Kier alpha value is -2.68. The van der Waals surface area contributed by atoms with Crippen molar-refractivity contribution in [2.75, 3.05) is 0 Å². The van der Waals surface area contributed by atoms with Gasteiger partial charge in [-0.2, -0.15) is 0 Å². The molecule has 0 fully saturated rings. The second-order valence-corrected chi connectivity index (χ2v) is 5.27. The molecule has 3 heteroatoms. The molecule has 0 bridgehead atoms. The summed E-state index contributed by atoms with van der Waals surface area (Å²) >= 11 is 0. The van der Waals surface area contributed by atoms with Crippen molar-refractivity contribution in [3.05, 3.63) is 76.7 Å². The van der Waals surface area contributed by atoms with E-state index in [1.165, 1.54) is 12.1 Å². The number of carbonyl (C=O) groups is 1. The maximum absolute atomic E-state index is 13.3. The molecule has 1 aliphatic rings. The van der Waals surface area contributed by atoms with E-state index in [4.69, 9.17) is 0 Å². The van der Waals surface area contributed by atoms with E-state index in [1.54, 1.807) is 18.3 Å². The van der Waals surface area contributed by atoms with Crippen molar-refractivity contribution in [3.8, 4) is 0 Å². The third-order valence-corrected chi connectivity index (χ3v) is 3.94. The van der Waals surface area contributed by atoms with Crippen molar-refractivity contribution in [1.29, 1.82) is 0 Å². The molecule has 0 saturated carbocycles. The number of Topliss-reactive ketones (excluding diaryl/α,β-unsaturated/α-hetero) is 1. The third-order valence-electron chi connectivity index (χ3n) is 3.94. The van der Waals surface area contributed by atoms with E-state index in [9.17, 15) is 9.18 Å². The van der Waals surface area contributed by atoms with Crippen molar-refractivity contribution in [2.24, 2.45) is 0 Å². The van der Waals surface area contributed by atoms with Gasteiger partial charge in [0.2, 0.25) is 0 Å². The van der Waals surface area contributed by atoms with Crippen molar-refractivity contribution in [2.45, 2.75) is 6.42 Å². The van der Waals surface area contributed by atoms with Gasteiger partial charge in [0.15, 0.2) is 5.78 Å². The van der Waals surface area contributed by atoms with Gasteiger partial charge in [0, 0.05) is 34.7 Å². The maximum Gasteiger partial charge on any atom is 0.191 e. The van der Waals surface area contributed by atoms with Crippen LogP contribution in [0.25, 0.3) is 17.0 Å². The van der Waals surface area contributed by atoms with Crippen molar-refractivity contribution < 1.29 is 9.18 Å². The number of carbonyl (C=O) groups excluding carboxylic acids is 1. The molecule has 1 heterocycles. The largest absolute Gasteiger partial charge is 0.360 e. The molecule has 0 radical (unpaired) electrons. The SMILES string of the molecule is O=C(C1=Cc2cc(F)ccc2C1)c1c[nH]c2ccccc12. The summed E-state index contributed by atoms with van der Waals surface area (Å²) in [5.41, 5.74) is 4.13. The summed E-state index contributed by atoms with van der Waals surface area (Å²) in [5, 5.41) is 0.922. The highest BCUT2D eigenvalue weighted by Gasteiger charge is 2.22. The third kappa shape index (κ3) is 1.89. The van der Waals surface area contributed by atoms with Crippen LogP contribution < -0.4 is 0 Å². The highest BCUT2D eigenvalue weighted by atomic mass is 19.1. The fraction of sp³-hybridized carbons (Fsp3) is 0.0556. The fourth-order valence-corrected chi connectivity index (χ4v) is 2.88. The lowest BCUT2D eigenvalue weighted by Crippen LogP contribution is -2.02. The number of hydrogen-bond donors (Lipinski definition) is 1. The Balaban J connectivity index is 1.75. The van der Waals surface area contributed by atoms with Crippen LogP contribution in [0.1, 0.15) is 21.5 Å².